The molecule has 1 fully saturated rings. The molecule has 0 bridgehead atoms. The molecule has 0 aromatic carbocycles. The minimum atomic E-state index is -0.358. The van der Waals surface area contributed by atoms with E-state index in [1.54, 1.807) is 0 Å². The maximum atomic E-state index is 12.4. The average Bonchev–Trinajstić information content (AvgIpc) is 2.45. The lowest BCUT2D eigenvalue weighted by molar-refractivity contribution is -0.137. The van der Waals surface area contributed by atoms with Gasteiger partial charge in [0.25, 0.3) is 0 Å². The summed E-state index contributed by atoms with van der Waals surface area (Å²) in [6.07, 6.45) is 6.73. The second kappa shape index (κ2) is 6.59. The molecule has 3 atom stereocenters. The molecule has 1 aromatic rings. The van der Waals surface area contributed by atoms with Crippen molar-refractivity contribution in [2.24, 2.45) is 28.9 Å². The second-order valence-corrected chi connectivity index (χ2v) is 7.08. The van der Waals surface area contributed by atoms with Crippen LogP contribution in [0.1, 0.15) is 52.1 Å². The molecule has 0 radical (unpaired) electrons. The lowest BCUT2D eigenvalue weighted by Gasteiger charge is -2.46. The number of hydrogen-bond donors (Lipinski definition) is 1. The number of rotatable bonds is 5. The maximum absolute atomic E-state index is 12.4. The number of aryl methyl sites for hydroxylation is 1. The van der Waals surface area contributed by atoms with E-state index >= 15 is 0 Å². The number of primary amides is 1. The summed E-state index contributed by atoms with van der Waals surface area (Å²) < 4.78 is 0. The summed E-state index contributed by atoms with van der Waals surface area (Å²) in [6.45, 7) is 6.69. The summed E-state index contributed by atoms with van der Waals surface area (Å²) in [6, 6.07) is 5.96. The molecule has 1 amide bonds. The minimum Gasteiger partial charge on any atom is -0.369 e. The number of pyridine rings is 1. The lowest BCUT2D eigenvalue weighted by atomic mass is 9.57. The van der Waals surface area contributed by atoms with E-state index < -0.39 is 0 Å². The standard InChI is InChI=1S/C18H28N2O/c1-13(2)16-8-7-14(3)12-18(16,17(19)21)10-9-15-6-4-5-11-20-15/h4-6,11,13-14,16H,7-10,12H2,1-3H3,(H2,19,21). The van der Waals surface area contributed by atoms with Crippen LogP contribution in [0.25, 0.3) is 0 Å². The van der Waals surface area contributed by atoms with Crippen molar-refractivity contribution >= 4 is 5.91 Å². The van der Waals surface area contributed by atoms with Crippen LogP contribution in [0.4, 0.5) is 0 Å². The van der Waals surface area contributed by atoms with Crippen molar-refractivity contribution in [1.82, 2.24) is 4.98 Å². The normalized spacial score (nSPS) is 29.5. The Bertz CT molecular complexity index is 471. The summed E-state index contributed by atoms with van der Waals surface area (Å²) >= 11 is 0. The molecule has 3 unspecified atom stereocenters. The van der Waals surface area contributed by atoms with E-state index in [1.807, 2.05) is 24.4 Å². The van der Waals surface area contributed by atoms with E-state index in [9.17, 15) is 4.79 Å². The Morgan fingerprint density at radius 2 is 2.19 bits per heavy atom. The van der Waals surface area contributed by atoms with E-state index in [1.165, 1.54) is 6.42 Å². The van der Waals surface area contributed by atoms with Crippen molar-refractivity contribution in [2.75, 3.05) is 0 Å². The van der Waals surface area contributed by atoms with Crippen molar-refractivity contribution in [3.05, 3.63) is 30.1 Å². The number of nitrogens with zero attached hydrogens (tertiary/aromatic N) is 1. The van der Waals surface area contributed by atoms with Crippen LogP contribution in [0.15, 0.2) is 24.4 Å². The van der Waals surface area contributed by atoms with Crippen LogP contribution < -0.4 is 5.73 Å². The first-order chi connectivity index (χ1) is 9.95. The smallest absolute Gasteiger partial charge is 0.223 e. The minimum absolute atomic E-state index is 0.108. The summed E-state index contributed by atoms with van der Waals surface area (Å²) in [4.78, 5) is 16.8. The van der Waals surface area contributed by atoms with Gasteiger partial charge in [0, 0.05) is 11.9 Å². The molecule has 0 spiro atoms. The fraction of sp³-hybridized carbons (Fsp3) is 0.667. The molecule has 21 heavy (non-hydrogen) atoms. The molecule has 1 aliphatic rings. The van der Waals surface area contributed by atoms with Gasteiger partial charge in [-0.2, -0.15) is 0 Å². The monoisotopic (exact) mass is 288 g/mol. The van der Waals surface area contributed by atoms with Crippen molar-refractivity contribution in [3.63, 3.8) is 0 Å². The van der Waals surface area contributed by atoms with Gasteiger partial charge in [-0.25, -0.2) is 0 Å². The zero-order valence-electron chi connectivity index (χ0n) is 13.5. The van der Waals surface area contributed by atoms with Gasteiger partial charge in [-0.05, 0) is 55.6 Å². The van der Waals surface area contributed by atoms with Crippen LogP contribution in [0.2, 0.25) is 0 Å². The molecule has 3 nitrogen and oxygen atoms in total. The Morgan fingerprint density at radius 3 is 2.76 bits per heavy atom. The molecule has 0 aliphatic heterocycles. The third-order valence-electron chi connectivity index (χ3n) is 5.24. The molecule has 1 aromatic heterocycles. The van der Waals surface area contributed by atoms with Gasteiger partial charge in [-0.1, -0.05) is 33.3 Å². The van der Waals surface area contributed by atoms with E-state index in [4.69, 9.17) is 5.73 Å². The van der Waals surface area contributed by atoms with Gasteiger partial charge in [0.2, 0.25) is 5.91 Å². The van der Waals surface area contributed by atoms with E-state index in [-0.39, 0.29) is 11.3 Å². The highest BCUT2D eigenvalue weighted by molar-refractivity contribution is 5.81. The van der Waals surface area contributed by atoms with E-state index in [0.29, 0.717) is 17.8 Å². The van der Waals surface area contributed by atoms with E-state index in [0.717, 1.165) is 31.4 Å². The topological polar surface area (TPSA) is 56.0 Å². The van der Waals surface area contributed by atoms with Gasteiger partial charge in [0.15, 0.2) is 0 Å². The molecule has 2 rings (SSSR count). The van der Waals surface area contributed by atoms with Gasteiger partial charge in [0.05, 0.1) is 5.41 Å². The molecule has 1 saturated carbocycles. The predicted molar refractivity (Wildman–Crippen MR) is 85.5 cm³/mol. The SMILES string of the molecule is CC1CCC(C(C)C)C(CCc2ccccn2)(C(N)=O)C1. The van der Waals surface area contributed by atoms with Crippen molar-refractivity contribution in [2.45, 2.75) is 52.9 Å². The zero-order chi connectivity index (χ0) is 15.5. The Kier molecular flexibility index (Phi) is 5.02. The van der Waals surface area contributed by atoms with Gasteiger partial charge in [-0.3, -0.25) is 9.78 Å². The molecule has 2 N–H and O–H groups in total. The van der Waals surface area contributed by atoms with Gasteiger partial charge in [0.1, 0.15) is 0 Å². The van der Waals surface area contributed by atoms with Crippen LogP contribution in [-0.4, -0.2) is 10.9 Å². The lowest BCUT2D eigenvalue weighted by Crippen LogP contribution is -2.49. The maximum Gasteiger partial charge on any atom is 0.223 e. The highest BCUT2D eigenvalue weighted by Gasteiger charge is 2.48. The predicted octanol–water partition coefficient (Wildman–Crippen LogP) is 3.58. The Morgan fingerprint density at radius 1 is 1.43 bits per heavy atom. The average molecular weight is 288 g/mol. The van der Waals surface area contributed by atoms with Crippen LogP contribution in [0.3, 0.4) is 0 Å². The summed E-state index contributed by atoms with van der Waals surface area (Å²) in [5.41, 5.74) is 6.59. The van der Waals surface area contributed by atoms with Crippen LogP contribution in [0.5, 0.6) is 0 Å². The Hall–Kier alpha value is -1.38. The highest BCUT2D eigenvalue weighted by atomic mass is 16.1. The highest BCUT2D eigenvalue weighted by Crippen LogP contribution is 2.49. The largest absolute Gasteiger partial charge is 0.369 e. The summed E-state index contributed by atoms with van der Waals surface area (Å²) in [5, 5.41) is 0. The number of carbonyl (C=O) groups excluding carboxylic acids is 1. The van der Waals surface area contributed by atoms with Crippen LogP contribution >= 0.6 is 0 Å². The number of aromatic nitrogens is 1. The molecular weight excluding hydrogens is 260 g/mol. The zero-order valence-corrected chi connectivity index (χ0v) is 13.5. The fourth-order valence-corrected chi connectivity index (χ4v) is 4.18. The molecule has 1 aliphatic carbocycles. The Labute approximate surface area is 128 Å². The third-order valence-corrected chi connectivity index (χ3v) is 5.24. The number of amides is 1. The fourth-order valence-electron chi connectivity index (χ4n) is 4.18. The summed E-state index contributed by atoms with van der Waals surface area (Å²) in [5.74, 6) is 1.36. The quantitative estimate of drug-likeness (QED) is 0.900. The molecular formula is C18H28N2O. The van der Waals surface area contributed by atoms with Crippen LogP contribution in [0, 0.1) is 23.2 Å². The molecule has 0 saturated heterocycles. The van der Waals surface area contributed by atoms with Crippen LogP contribution in [-0.2, 0) is 11.2 Å². The summed E-state index contributed by atoms with van der Waals surface area (Å²) in [7, 11) is 0. The van der Waals surface area contributed by atoms with Gasteiger partial charge in [-0.15, -0.1) is 0 Å². The van der Waals surface area contributed by atoms with Gasteiger partial charge >= 0.3 is 0 Å². The van der Waals surface area contributed by atoms with Crippen molar-refractivity contribution in [3.8, 4) is 0 Å². The van der Waals surface area contributed by atoms with Crippen molar-refractivity contribution < 1.29 is 4.79 Å². The Balaban J connectivity index is 2.22. The van der Waals surface area contributed by atoms with Gasteiger partial charge < -0.3 is 5.73 Å². The number of nitrogens with two attached hydrogens (primary N) is 1. The molecule has 1 heterocycles. The second-order valence-electron chi connectivity index (χ2n) is 7.08. The van der Waals surface area contributed by atoms with E-state index in [2.05, 4.69) is 25.8 Å². The first kappa shape index (κ1) is 16.0. The molecule has 3 heteroatoms. The first-order valence-corrected chi connectivity index (χ1v) is 8.15. The van der Waals surface area contributed by atoms with Crippen molar-refractivity contribution in [1.29, 1.82) is 0 Å². The first-order valence-electron chi connectivity index (χ1n) is 8.15. The third kappa shape index (κ3) is 3.45. The molecule has 116 valence electrons. The number of hydrogen-bond acceptors (Lipinski definition) is 2. The number of carbonyl (C=O) groups is 1.